The minimum Gasteiger partial charge on any atom is -0.497 e. The number of nitrogens with zero attached hydrogens (tertiary/aromatic N) is 1. The van der Waals surface area contributed by atoms with E-state index in [2.05, 4.69) is 0 Å². The third kappa shape index (κ3) is 4.76. The molecule has 0 aliphatic carbocycles. The van der Waals surface area contributed by atoms with Crippen molar-refractivity contribution in [3.63, 3.8) is 0 Å². The second kappa shape index (κ2) is 11.1. The smallest absolute Gasteiger partial charge is 0.345 e. The summed E-state index contributed by atoms with van der Waals surface area (Å²) in [7, 11) is 1.60. The molecule has 10 heteroatoms. The van der Waals surface area contributed by atoms with Gasteiger partial charge >= 0.3 is 11.9 Å². The Bertz CT molecular complexity index is 1480. The number of fused-ring (bicyclic) bond motifs is 3. The molecule has 208 valence electrons. The Morgan fingerprint density at radius 1 is 0.925 bits per heavy atom. The van der Waals surface area contributed by atoms with Crippen molar-refractivity contribution in [2.75, 3.05) is 25.2 Å². The Morgan fingerprint density at radius 2 is 1.60 bits per heavy atom. The van der Waals surface area contributed by atoms with Gasteiger partial charge in [-0.2, -0.15) is 0 Å². The number of esters is 2. The van der Waals surface area contributed by atoms with Crippen LogP contribution in [0.2, 0.25) is 0 Å². The fraction of sp³-hybridized carbons (Fsp3) is 0.300. The van der Waals surface area contributed by atoms with Crippen LogP contribution in [0, 0.1) is 0 Å². The summed E-state index contributed by atoms with van der Waals surface area (Å²) >= 11 is 4.09. The third-order valence-corrected chi connectivity index (χ3v) is 11.0. The second-order valence-electron chi connectivity index (χ2n) is 9.57. The molecule has 3 aliphatic rings. The van der Waals surface area contributed by atoms with Crippen molar-refractivity contribution in [3.05, 3.63) is 85.9 Å². The van der Waals surface area contributed by atoms with Gasteiger partial charge in [-0.3, -0.25) is 9.69 Å². The van der Waals surface area contributed by atoms with Crippen LogP contribution in [0.1, 0.15) is 43.6 Å². The SMILES string of the molecule is CCOC(=O)C1=C[C@@]2(SC=C(C(=O)OCC)S2)C2=C(S1)C(C)(C)N(C(=O)c1ccccc1)c1ccc(OC)cc12. The molecular formula is C30H29NO6S3. The lowest BCUT2D eigenvalue weighted by Gasteiger charge is -2.49. The number of amides is 1. The van der Waals surface area contributed by atoms with Crippen molar-refractivity contribution in [1.82, 2.24) is 0 Å². The maximum absolute atomic E-state index is 14.1. The number of carbonyl (C=O) groups excluding carboxylic acids is 3. The van der Waals surface area contributed by atoms with Crippen molar-refractivity contribution in [1.29, 1.82) is 0 Å². The molecule has 2 aromatic rings. The van der Waals surface area contributed by atoms with E-state index in [1.54, 1.807) is 43.4 Å². The zero-order chi connectivity index (χ0) is 28.7. The summed E-state index contributed by atoms with van der Waals surface area (Å²) in [5.74, 6) is -0.394. The number of hydrogen-bond donors (Lipinski definition) is 0. The first-order chi connectivity index (χ1) is 19.2. The summed E-state index contributed by atoms with van der Waals surface area (Å²) < 4.78 is 15.5. The highest BCUT2D eigenvalue weighted by molar-refractivity contribution is 8.25. The molecule has 1 amide bonds. The van der Waals surface area contributed by atoms with E-state index >= 15 is 0 Å². The fourth-order valence-corrected chi connectivity index (χ4v) is 9.36. The van der Waals surface area contributed by atoms with Crippen LogP contribution in [-0.4, -0.2) is 47.8 Å². The van der Waals surface area contributed by atoms with Crippen LogP contribution in [0.25, 0.3) is 5.57 Å². The topological polar surface area (TPSA) is 82.1 Å². The molecule has 0 radical (unpaired) electrons. The number of rotatable bonds is 6. The Kier molecular flexibility index (Phi) is 7.87. The lowest BCUT2D eigenvalue weighted by molar-refractivity contribution is -0.138. The number of methoxy groups -OCH3 is 1. The number of thioether (sulfide) groups is 3. The first kappa shape index (κ1) is 28.4. The van der Waals surface area contributed by atoms with Gasteiger partial charge in [-0.25, -0.2) is 9.59 Å². The standard InChI is InChI=1S/C30H29NO6S3/c1-6-36-27(33)22-16-30(38-17-23(40-30)28(34)37-7-2)24-20-15-19(35-5)13-14-21(20)31(29(3,4)25(24)39-22)26(32)18-11-9-8-10-12-18/h8-17H,6-7H2,1-5H3/t30-/m0/s1. The molecule has 0 N–H and O–H groups in total. The number of ether oxygens (including phenoxy) is 3. The summed E-state index contributed by atoms with van der Waals surface area (Å²) in [5, 5.41) is 1.79. The predicted molar refractivity (Wildman–Crippen MR) is 162 cm³/mol. The minimum atomic E-state index is -0.870. The van der Waals surface area contributed by atoms with E-state index in [9.17, 15) is 14.4 Å². The molecule has 5 rings (SSSR count). The van der Waals surface area contributed by atoms with Crippen LogP contribution in [0.15, 0.2) is 74.7 Å². The molecule has 1 spiro atoms. The van der Waals surface area contributed by atoms with Crippen LogP contribution in [0.3, 0.4) is 0 Å². The Balaban J connectivity index is 1.74. The monoisotopic (exact) mass is 595 g/mol. The lowest BCUT2D eigenvalue weighted by atomic mass is 9.84. The average molecular weight is 596 g/mol. The van der Waals surface area contributed by atoms with E-state index in [1.807, 2.05) is 56.3 Å². The quantitative estimate of drug-likeness (QED) is 0.342. The van der Waals surface area contributed by atoms with Gasteiger partial charge in [-0.1, -0.05) is 41.7 Å². The van der Waals surface area contributed by atoms with Gasteiger partial charge in [-0.15, -0.1) is 11.8 Å². The van der Waals surface area contributed by atoms with Gasteiger partial charge in [0, 0.05) is 21.6 Å². The Labute approximate surface area is 246 Å². The molecule has 0 saturated carbocycles. The molecule has 1 atom stereocenters. The molecule has 0 bridgehead atoms. The van der Waals surface area contributed by atoms with E-state index in [4.69, 9.17) is 14.2 Å². The van der Waals surface area contributed by atoms with E-state index in [0.717, 1.165) is 21.7 Å². The number of hydrogen-bond acceptors (Lipinski definition) is 9. The molecule has 0 unspecified atom stereocenters. The maximum atomic E-state index is 14.1. The first-order valence-corrected chi connectivity index (χ1v) is 15.3. The predicted octanol–water partition coefficient (Wildman–Crippen LogP) is 6.62. The van der Waals surface area contributed by atoms with Crippen molar-refractivity contribution in [2.24, 2.45) is 0 Å². The zero-order valence-electron chi connectivity index (χ0n) is 22.8. The zero-order valence-corrected chi connectivity index (χ0v) is 25.3. The van der Waals surface area contributed by atoms with E-state index in [0.29, 0.717) is 21.1 Å². The highest BCUT2D eigenvalue weighted by atomic mass is 32.2. The fourth-order valence-electron chi connectivity index (χ4n) is 4.97. The lowest BCUT2D eigenvalue weighted by Crippen LogP contribution is -2.53. The maximum Gasteiger partial charge on any atom is 0.345 e. The van der Waals surface area contributed by atoms with Crippen molar-refractivity contribution >= 4 is 64.4 Å². The minimum absolute atomic E-state index is 0.164. The van der Waals surface area contributed by atoms with E-state index < -0.39 is 21.6 Å². The average Bonchev–Trinajstić information content (AvgIpc) is 3.37. The summed E-state index contributed by atoms with van der Waals surface area (Å²) in [6, 6.07) is 14.8. The molecule has 3 aliphatic heterocycles. The summed E-state index contributed by atoms with van der Waals surface area (Å²) in [5.41, 5.74) is 2.11. The molecule has 0 aromatic heterocycles. The number of benzene rings is 2. The molecule has 40 heavy (non-hydrogen) atoms. The molecule has 0 fully saturated rings. The second-order valence-corrected chi connectivity index (χ2v) is 13.3. The van der Waals surface area contributed by atoms with Crippen LogP contribution in [0.5, 0.6) is 5.75 Å². The highest BCUT2D eigenvalue weighted by Crippen LogP contribution is 2.67. The van der Waals surface area contributed by atoms with Gasteiger partial charge in [0.05, 0.1) is 36.5 Å². The van der Waals surface area contributed by atoms with E-state index in [1.165, 1.54) is 35.3 Å². The van der Waals surface area contributed by atoms with Crippen molar-refractivity contribution in [3.8, 4) is 5.75 Å². The summed E-state index contributed by atoms with van der Waals surface area (Å²) in [6.45, 7) is 7.97. The normalized spacial score (nSPS) is 20.8. The Hall–Kier alpha value is -3.08. The van der Waals surface area contributed by atoms with E-state index in [-0.39, 0.29) is 19.1 Å². The first-order valence-electron chi connectivity index (χ1n) is 12.8. The molecule has 2 aromatic carbocycles. The van der Waals surface area contributed by atoms with Crippen molar-refractivity contribution in [2.45, 2.75) is 37.3 Å². The van der Waals surface area contributed by atoms with Crippen LogP contribution >= 0.6 is 35.3 Å². The summed E-state index contributed by atoms with van der Waals surface area (Å²) in [6.07, 6.45) is 1.88. The summed E-state index contributed by atoms with van der Waals surface area (Å²) in [4.78, 5) is 43.5. The van der Waals surface area contributed by atoms with Gasteiger partial charge in [0.15, 0.2) is 0 Å². The van der Waals surface area contributed by atoms with Crippen LogP contribution in [0.4, 0.5) is 5.69 Å². The van der Waals surface area contributed by atoms with Gasteiger partial charge in [0.25, 0.3) is 5.91 Å². The number of carbonyl (C=O) groups is 3. The van der Waals surface area contributed by atoms with Gasteiger partial charge in [-0.05, 0) is 69.5 Å². The molecule has 3 heterocycles. The van der Waals surface area contributed by atoms with Crippen molar-refractivity contribution < 1.29 is 28.6 Å². The van der Waals surface area contributed by atoms with Crippen LogP contribution < -0.4 is 9.64 Å². The van der Waals surface area contributed by atoms with Crippen LogP contribution in [-0.2, 0) is 19.1 Å². The number of anilines is 1. The molecule has 7 nitrogen and oxygen atoms in total. The molecular weight excluding hydrogens is 567 g/mol. The molecule has 0 saturated heterocycles. The highest BCUT2D eigenvalue weighted by Gasteiger charge is 2.54. The third-order valence-electron chi connectivity index (χ3n) is 6.72. The van der Waals surface area contributed by atoms with Gasteiger partial charge in [0.2, 0.25) is 0 Å². The van der Waals surface area contributed by atoms with Gasteiger partial charge < -0.3 is 14.2 Å². The van der Waals surface area contributed by atoms with Gasteiger partial charge in [0.1, 0.15) is 14.7 Å². The Morgan fingerprint density at radius 3 is 2.25 bits per heavy atom. The largest absolute Gasteiger partial charge is 0.497 e.